The van der Waals surface area contributed by atoms with Gasteiger partial charge in [-0.1, -0.05) is 32.9 Å². The van der Waals surface area contributed by atoms with Crippen LogP contribution >= 0.6 is 0 Å². The fourth-order valence-electron chi connectivity index (χ4n) is 3.09. The number of fused-ring (bicyclic) bond motifs is 1. The van der Waals surface area contributed by atoms with Crippen molar-refractivity contribution in [3.63, 3.8) is 0 Å². The third-order valence-corrected chi connectivity index (χ3v) is 4.71. The number of carbonyl (C=O) groups is 2. The zero-order valence-corrected chi connectivity index (χ0v) is 16.3. The van der Waals surface area contributed by atoms with Crippen LogP contribution in [0.2, 0.25) is 0 Å². The highest BCUT2D eigenvalue weighted by molar-refractivity contribution is 5.82. The smallest absolute Gasteiger partial charge is 0.242 e. The van der Waals surface area contributed by atoms with Crippen LogP contribution in [0.15, 0.2) is 24.3 Å². The third kappa shape index (κ3) is 4.66. The summed E-state index contributed by atoms with van der Waals surface area (Å²) in [5.74, 6) is 0.892. The number of imidazole rings is 1. The van der Waals surface area contributed by atoms with Gasteiger partial charge in [-0.3, -0.25) is 9.59 Å². The molecule has 7 heteroatoms. The number of hydrogen-bond acceptors (Lipinski definition) is 4. The molecule has 1 saturated heterocycles. The summed E-state index contributed by atoms with van der Waals surface area (Å²) >= 11 is 0. The number of nitrogens with one attached hydrogen (secondary N) is 1. The van der Waals surface area contributed by atoms with Gasteiger partial charge in [-0.05, 0) is 12.1 Å². The van der Waals surface area contributed by atoms with Gasteiger partial charge in [0.2, 0.25) is 11.8 Å². The SMILES string of the molecule is CC(C)(C)C(=O)NCCc1nc2ccccc2n1CC(=O)N1CCOCC1. The average Bonchev–Trinajstić information content (AvgIpc) is 2.99. The van der Waals surface area contributed by atoms with Crippen LogP contribution < -0.4 is 5.32 Å². The molecule has 0 aliphatic carbocycles. The van der Waals surface area contributed by atoms with E-state index >= 15 is 0 Å². The van der Waals surface area contributed by atoms with Crippen LogP contribution in [0, 0.1) is 5.41 Å². The first-order valence-electron chi connectivity index (χ1n) is 9.44. The third-order valence-electron chi connectivity index (χ3n) is 4.71. The van der Waals surface area contributed by atoms with E-state index in [1.54, 1.807) is 0 Å². The van der Waals surface area contributed by atoms with Crippen LogP contribution in [0.4, 0.5) is 0 Å². The van der Waals surface area contributed by atoms with Crippen molar-refractivity contribution in [1.82, 2.24) is 19.8 Å². The van der Waals surface area contributed by atoms with Crippen LogP contribution in [-0.2, 0) is 27.3 Å². The number of benzene rings is 1. The molecule has 1 N–H and O–H groups in total. The Kier molecular flexibility index (Phi) is 5.79. The largest absolute Gasteiger partial charge is 0.378 e. The summed E-state index contributed by atoms with van der Waals surface area (Å²) in [6, 6.07) is 7.81. The molecule has 1 aromatic carbocycles. The van der Waals surface area contributed by atoms with Gasteiger partial charge in [-0.15, -0.1) is 0 Å². The highest BCUT2D eigenvalue weighted by Gasteiger charge is 2.22. The summed E-state index contributed by atoms with van der Waals surface area (Å²) in [5, 5.41) is 2.96. The van der Waals surface area contributed by atoms with Gasteiger partial charge in [-0.25, -0.2) is 4.98 Å². The first kappa shape index (κ1) is 19.4. The summed E-state index contributed by atoms with van der Waals surface area (Å²) in [4.78, 5) is 31.3. The van der Waals surface area contributed by atoms with Gasteiger partial charge in [0, 0.05) is 31.5 Å². The quantitative estimate of drug-likeness (QED) is 0.865. The fraction of sp³-hybridized carbons (Fsp3) is 0.550. The molecule has 1 fully saturated rings. The second kappa shape index (κ2) is 8.08. The lowest BCUT2D eigenvalue weighted by atomic mass is 9.96. The normalized spacial score (nSPS) is 15.1. The van der Waals surface area contributed by atoms with E-state index in [0.29, 0.717) is 39.3 Å². The predicted molar refractivity (Wildman–Crippen MR) is 103 cm³/mol. The maximum atomic E-state index is 12.7. The minimum atomic E-state index is -0.424. The lowest BCUT2D eigenvalue weighted by molar-refractivity contribution is -0.135. The monoisotopic (exact) mass is 372 g/mol. The number of para-hydroxylation sites is 2. The molecule has 27 heavy (non-hydrogen) atoms. The van der Waals surface area contributed by atoms with Gasteiger partial charge in [0.1, 0.15) is 12.4 Å². The maximum absolute atomic E-state index is 12.7. The van der Waals surface area contributed by atoms with Crippen molar-refractivity contribution in [2.45, 2.75) is 33.7 Å². The summed E-state index contributed by atoms with van der Waals surface area (Å²) in [6.07, 6.45) is 0.576. The standard InChI is InChI=1S/C20H28N4O3/c1-20(2,3)19(26)21-9-8-17-22-15-6-4-5-7-16(15)24(17)14-18(25)23-10-12-27-13-11-23/h4-7H,8-14H2,1-3H3,(H,21,26). The summed E-state index contributed by atoms with van der Waals surface area (Å²) < 4.78 is 7.30. The van der Waals surface area contributed by atoms with Crippen molar-refractivity contribution >= 4 is 22.8 Å². The Bertz CT molecular complexity index is 816. The van der Waals surface area contributed by atoms with E-state index in [-0.39, 0.29) is 18.4 Å². The van der Waals surface area contributed by atoms with E-state index in [0.717, 1.165) is 16.9 Å². The lowest BCUT2D eigenvalue weighted by Crippen LogP contribution is -2.42. The molecular weight excluding hydrogens is 344 g/mol. The zero-order valence-electron chi connectivity index (χ0n) is 16.3. The number of hydrogen-bond donors (Lipinski definition) is 1. The van der Waals surface area contributed by atoms with E-state index in [2.05, 4.69) is 10.3 Å². The Morgan fingerprint density at radius 1 is 1.19 bits per heavy atom. The van der Waals surface area contributed by atoms with Gasteiger partial charge in [0.15, 0.2) is 0 Å². The molecule has 3 rings (SSSR count). The number of rotatable bonds is 5. The molecule has 1 aliphatic rings. The highest BCUT2D eigenvalue weighted by atomic mass is 16.5. The summed E-state index contributed by atoms with van der Waals surface area (Å²) in [7, 11) is 0. The minimum absolute atomic E-state index is 0.00885. The van der Waals surface area contributed by atoms with Crippen LogP contribution in [-0.4, -0.2) is 59.1 Å². The number of carbonyl (C=O) groups excluding carboxylic acids is 2. The lowest BCUT2D eigenvalue weighted by Gasteiger charge is -2.27. The van der Waals surface area contributed by atoms with Crippen LogP contribution in [0.3, 0.4) is 0 Å². The predicted octanol–water partition coefficient (Wildman–Crippen LogP) is 1.60. The first-order valence-corrected chi connectivity index (χ1v) is 9.44. The number of morpholine rings is 1. The number of nitrogens with zero attached hydrogens (tertiary/aromatic N) is 3. The Morgan fingerprint density at radius 3 is 2.59 bits per heavy atom. The van der Waals surface area contributed by atoms with Crippen molar-refractivity contribution in [2.24, 2.45) is 5.41 Å². The molecule has 2 amide bonds. The van der Waals surface area contributed by atoms with Crippen LogP contribution in [0.5, 0.6) is 0 Å². The number of amides is 2. The van der Waals surface area contributed by atoms with Gasteiger partial charge in [-0.2, -0.15) is 0 Å². The number of ether oxygens (including phenoxy) is 1. The van der Waals surface area contributed by atoms with Crippen molar-refractivity contribution in [2.75, 3.05) is 32.8 Å². The van der Waals surface area contributed by atoms with Gasteiger partial charge in [0.05, 0.1) is 24.2 Å². The molecule has 0 radical (unpaired) electrons. The Labute approximate surface area is 159 Å². The number of aromatic nitrogens is 2. The molecule has 2 aromatic rings. The molecule has 7 nitrogen and oxygen atoms in total. The summed E-state index contributed by atoms with van der Waals surface area (Å²) in [5.41, 5.74) is 1.38. The van der Waals surface area contributed by atoms with Gasteiger partial charge < -0.3 is 19.5 Å². The van der Waals surface area contributed by atoms with Crippen LogP contribution in [0.25, 0.3) is 11.0 Å². The highest BCUT2D eigenvalue weighted by Crippen LogP contribution is 2.17. The molecule has 1 aliphatic heterocycles. The molecule has 0 atom stereocenters. The first-order chi connectivity index (χ1) is 12.9. The Balaban J connectivity index is 1.75. The van der Waals surface area contributed by atoms with Crippen molar-refractivity contribution < 1.29 is 14.3 Å². The molecule has 0 spiro atoms. The van der Waals surface area contributed by atoms with Crippen molar-refractivity contribution in [3.05, 3.63) is 30.1 Å². The topological polar surface area (TPSA) is 76.5 Å². The molecule has 2 heterocycles. The van der Waals surface area contributed by atoms with E-state index in [4.69, 9.17) is 4.74 Å². The van der Waals surface area contributed by atoms with E-state index in [1.807, 2.05) is 54.5 Å². The van der Waals surface area contributed by atoms with E-state index in [1.165, 1.54) is 0 Å². The molecule has 0 unspecified atom stereocenters. The van der Waals surface area contributed by atoms with Gasteiger partial charge >= 0.3 is 0 Å². The Morgan fingerprint density at radius 2 is 1.89 bits per heavy atom. The molecule has 0 bridgehead atoms. The maximum Gasteiger partial charge on any atom is 0.242 e. The van der Waals surface area contributed by atoms with Crippen LogP contribution in [0.1, 0.15) is 26.6 Å². The molecule has 0 saturated carbocycles. The molecule has 1 aromatic heterocycles. The fourth-order valence-corrected chi connectivity index (χ4v) is 3.09. The minimum Gasteiger partial charge on any atom is -0.378 e. The average molecular weight is 372 g/mol. The molecule has 146 valence electrons. The zero-order chi connectivity index (χ0) is 19.4. The van der Waals surface area contributed by atoms with E-state index < -0.39 is 5.41 Å². The second-order valence-electron chi connectivity index (χ2n) is 7.85. The van der Waals surface area contributed by atoms with Crippen molar-refractivity contribution in [3.8, 4) is 0 Å². The van der Waals surface area contributed by atoms with Crippen molar-refractivity contribution in [1.29, 1.82) is 0 Å². The summed E-state index contributed by atoms with van der Waals surface area (Å²) in [6.45, 7) is 8.83. The molecular formula is C20H28N4O3. The Hall–Kier alpha value is -2.41. The van der Waals surface area contributed by atoms with Gasteiger partial charge in [0.25, 0.3) is 0 Å². The second-order valence-corrected chi connectivity index (χ2v) is 7.85. The van der Waals surface area contributed by atoms with E-state index in [9.17, 15) is 9.59 Å².